The van der Waals surface area contributed by atoms with E-state index < -0.39 is 0 Å². The van der Waals surface area contributed by atoms with Gasteiger partial charge in [0.05, 0.1) is 5.56 Å². The second kappa shape index (κ2) is 7.48. The lowest BCUT2D eigenvalue weighted by Crippen LogP contribution is -2.39. The van der Waals surface area contributed by atoms with Crippen LogP contribution in [0, 0.1) is 12.8 Å². The molecule has 1 fully saturated rings. The molecule has 1 aliphatic carbocycles. The molecule has 0 heterocycles. The van der Waals surface area contributed by atoms with Gasteiger partial charge in [0.25, 0.3) is 5.91 Å². The predicted molar refractivity (Wildman–Crippen MR) is 88.8 cm³/mol. The van der Waals surface area contributed by atoms with Gasteiger partial charge in [-0.15, -0.1) is 0 Å². The standard InChI is InChI=1S/C18H28N2O/c1-4-19-17-12-13(2)10-11-16(17)18(21)20-14(3)15-8-6-5-7-9-15/h10-12,14-15,19H,4-9H2,1-3H3,(H,20,21). The number of anilines is 1. The molecule has 1 amide bonds. The van der Waals surface area contributed by atoms with Crippen LogP contribution in [0.15, 0.2) is 18.2 Å². The Bertz CT molecular complexity index is 478. The number of benzene rings is 1. The lowest BCUT2D eigenvalue weighted by molar-refractivity contribution is 0.0920. The number of carbonyl (C=O) groups is 1. The molecule has 0 spiro atoms. The van der Waals surface area contributed by atoms with Gasteiger partial charge in [-0.3, -0.25) is 4.79 Å². The van der Waals surface area contributed by atoms with Crippen molar-refractivity contribution >= 4 is 11.6 Å². The Kier molecular flexibility index (Phi) is 5.66. The maximum Gasteiger partial charge on any atom is 0.253 e. The minimum atomic E-state index is 0.0454. The van der Waals surface area contributed by atoms with Crippen molar-refractivity contribution in [3.05, 3.63) is 29.3 Å². The maximum atomic E-state index is 12.6. The molecule has 3 nitrogen and oxygen atoms in total. The van der Waals surface area contributed by atoms with Crippen molar-refractivity contribution in [2.45, 2.75) is 58.9 Å². The van der Waals surface area contributed by atoms with Crippen molar-refractivity contribution in [1.82, 2.24) is 5.32 Å². The van der Waals surface area contributed by atoms with E-state index in [2.05, 4.69) is 24.5 Å². The zero-order valence-electron chi connectivity index (χ0n) is 13.5. The van der Waals surface area contributed by atoms with Gasteiger partial charge in [-0.05, 0) is 57.2 Å². The van der Waals surface area contributed by atoms with Gasteiger partial charge in [0, 0.05) is 18.3 Å². The van der Waals surface area contributed by atoms with Crippen LogP contribution in [0.3, 0.4) is 0 Å². The summed E-state index contributed by atoms with van der Waals surface area (Å²) in [5, 5.41) is 6.50. The Labute approximate surface area is 128 Å². The number of nitrogens with one attached hydrogen (secondary N) is 2. The van der Waals surface area contributed by atoms with Crippen LogP contribution in [0.5, 0.6) is 0 Å². The Morgan fingerprint density at radius 3 is 2.67 bits per heavy atom. The third-order valence-corrected chi connectivity index (χ3v) is 4.50. The molecule has 0 aromatic heterocycles. The minimum Gasteiger partial charge on any atom is -0.385 e. The predicted octanol–water partition coefficient (Wildman–Crippen LogP) is 4.13. The maximum absolute atomic E-state index is 12.6. The van der Waals surface area contributed by atoms with Gasteiger partial charge in [0.15, 0.2) is 0 Å². The van der Waals surface area contributed by atoms with E-state index in [-0.39, 0.29) is 11.9 Å². The summed E-state index contributed by atoms with van der Waals surface area (Å²) >= 11 is 0. The van der Waals surface area contributed by atoms with Crippen LogP contribution in [0.25, 0.3) is 0 Å². The Balaban J connectivity index is 2.05. The Morgan fingerprint density at radius 2 is 2.00 bits per heavy atom. The topological polar surface area (TPSA) is 41.1 Å². The average molecular weight is 288 g/mol. The summed E-state index contributed by atoms with van der Waals surface area (Å²) in [6.45, 7) is 7.07. The molecular weight excluding hydrogens is 260 g/mol. The SMILES string of the molecule is CCNc1cc(C)ccc1C(=O)NC(C)C1CCCCC1. The number of amides is 1. The number of carbonyl (C=O) groups excluding carboxylic acids is 1. The quantitative estimate of drug-likeness (QED) is 0.855. The lowest BCUT2D eigenvalue weighted by atomic mass is 9.84. The first kappa shape index (κ1) is 15.9. The van der Waals surface area contributed by atoms with Crippen molar-refractivity contribution < 1.29 is 4.79 Å². The fraction of sp³-hybridized carbons (Fsp3) is 0.611. The van der Waals surface area contributed by atoms with Crippen LogP contribution in [0.2, 0.25) is 0 Å². The summed E-state index contributed by atoms with van der Waals surface area (Å²) in [5.74, 6) is 0.680. The minimum absolute atomic E-state index is 0.0454. The van der Waals surface area contributed by atoms with Crippen LogP contribution in [-0.2, 0) is 0 Å². The molecule has 0 aliphatic heterocycles. The van der Waals surface area contributed by atoms with E-state index in [1.165, 1.54) is 37.7 Å². The monoisotopic (exact) mass is 288 g/mol. The van der Waals surface area contributed by atoms with Crippen LogP contribution in [-0.4, -0.2) is 18.5 Å². The summed E-state index contributed by atoms with van der Waals surface area (Å²) < 4.78 is 0. The zero-order chi connectivity index (χ0) is 15.2. The second-order valence-corrected chi connectivity index (χ2v) is 6.24. The first-order chi connectivity index (χ1) is 10.1. The normalized spacial score (nSPS) is 17.3. The Hall–Kier alpha value is -1.51. The van der Waals surface area contributed by atoms with E-state index in [1.54, 1.807) is 0 Å². The van der Waals surface area contributed by atoms with Gasteiger partial charge in [-0.25, -0.2) is 0 Å². The largest absolute Gasteiger partial charge is 0.385 e. The van der Waals surface area contributed by atoms with Gasteiger partial charge in [-0.1, -0.05) is 25.3 Å². The van der Waals surface area contributed by atoms with Crippen molar-refractivity contribution in [3.63, 3.8) is 0 Å². The van der Waals surface area contributed by atoms with Crippen molar-refractivity contribution in [1.29, 1.82) is 0 Å². The molecule has 2 rings (SSSR count). The second-order valence-electron chi connectivity index (χ2n) is 6.24. The molecule has 1 saturated carbocycles. The highest BCUT2D eigenvalue weighted by molar-refractivity contribution is 5.99. The van der Waals surface area contributed by atoms with E-state index in [0.717, 1.165) is 17.8 Å². The van der Waals surface area contributed by atoms with Crippen LogP contribution in [0.1, 0.15) is 61.9 Å². The highest BCUT2D eigenvalue weighted by Gasteiger charge is 2.22. The molecule has 0 bridgehead atoms. The smallest absolute Gasteiger partial charge is 0.253 e. The first-order valence-corrected chi connectivity index (χ1v) is 8.27. The van der Waals surface area contributed by atoms with Crippen LogP contribution in [0.4, 0.5) is 5.69 Å². The molecule has 21 heavy (non-hydrogen) atoms. The number of rotatable bonds is 5. The highest BCUT2D eigenvalue weighted by Crippen LogP contribution is 2.27. The van der Waals surface area contributed by atoms with Gasteiger partial charge in [0.2, 0.25) is 0 Å². The van der Waals surface area contributed by atoms with Crippen molar-refractivity contribution in [3.8, 4) is 0 Å². The van der Waals surface area contributed by atoms with Crippen molar-refractivity contribution in [2.75, 3.05) is 11.9 Å². The van der Waals surface area contributed by atoms with Gasteiger partial charge >= 0.3 is 0 Å². The molecule has 1 aromatic carbocycles. The fourth-order valence-electron chi connectivity index (χ4n) is 3.23. The molecule has 0 saturated heterocycles. The van der Waals surface area contributed by atoms with Crippen molar-refractivity contribution in [2.24, 2.45) is 5.92 Å². The molecule has 3 heteroatoms. The van der Waals surface area contributed by atoms with Crippen LogP contribution >= 0.6 is 0 Å². The lowest BCUT2D eigenvalue weighted by Gasteiger charge is -2.28. The Morgan fingerprint density at radius 1 is 1.29 bits per heavy atom. The highest BCUT2D eigenvalue weighted by atomic mass is 16.1. The van der Waals surface area contributed by atoms with E-state index in [9.17, 15) is 4.79 Å². The number of hydrogen-bond donors (Lipinski definition) is 2. The molecule has 1 aromatic rings. The third-order valence-electron chi connectivity index (χ3n) is 4.50. The van der Waals surface area contributed by atoms with Gasteiger partial charge in [0.1, 0.15) is 0 Å². The molecule has 1 unspecified atom stereocenters. The summed E-state index contributed by atoms with van der Waals surface area (Å²) in [4.78, 5) is 12.6. The van der Waals surface area contributed by atoms with E-state index in [4.69, 9.17) is 0 Å². The number of hydrogen-bond acceptors (Lipinski definition) is 2. The molecule has 1 aliphatic rings. The van der Waals surface area contributed by atoms with Gasteiger partial charge in [-0.2, -0.15) is 0 Å². The average Bonchev–Trinajstić information content (AvgIpc) is 2.48. The number of aryl methyl sites for hydroxylation is 1. The molecule has 1 atom stereocenters. The molecule has 2 N–H and O–H groups in total. The molecule has 0 radical (unpaired) electrons. The van der Waals surface area contributed by atoms with E-state index in [1.807, 2.05) is 25.1 Å². The molecular formula is C18H28N2O. The zero-order valence-corrected chi connectivity index (χ0v) is 13.5. The summed E-state index contributed by atoms with van der Waals surface area (Å²) in [7, 11) is 0. The van der Waals surface area contributed by atoms with E-state index in [0.29, 0.717) is 5.92 Å². The van der Waals surface area contributed by atoms with Gasteiger partial charge < -0.3 is 10.6 Å². The summed E-state index contributed by atoms with van der Waals surface area (Å²) in [6.07, 6.45) is 6.45. The fourth-order valence-corrected chi connectivity index (χ4v) is 3.23. The summed E-state index contributed by atoms with van der Waals surface area (Å²) in [5.41, 5.74) is 2.86. The molecule has 116 valence electrons. The summed E-state index contributed by atoms with van der Waals surface area (Å²) in [6, 6.07) is 6.23. The van der Waals surface area contributed by atoms with E-state index >= 15 is 0 Å². The first-order valence-electron chi connectivity index (χ1n) is 8.27. The third kappa shape index (κ3) is 4.23. The van der Waals surface area contributed by atoms with Crippen LogP contribution < -0.4 is 10.6 Å².